The van der Waals surface area contributed by atoms with Crippen LogP contribution in [0, 0.1) is 0 Å². The zero-order valence-electron chi connectivity index (χ0n) is 13.5. The summed E-state index contributed by atoms with van der Waals surface area (Å²) in [7, 11) is 5.59. The molecule has 7 nitrogen and oxygen atoms in total. The van der Waals surface area contributed by atoms with Crippen LogP contribution >= 0.6 is 0 Å². The smallest absolute Gasteiger partial charge is 0.414 e. The molecule has 0 fully saturated rings. The fraction of sp³-hybridized carbons (Fsp3) is 0.462. The van der Waals surface area contributed by atoms with Crippen molar-refractivity contribution in [1.82, 2.24) is 9.38 Å². The molecule has 0 aromatic heterocycles. The molecule has 0 N–H and O–H groups in total. The number of hydrogen-bond donors (Lipinski definition) is 0. The van der Waals surface area contributed by atoms with E-state index in [9.17, 15) is 4.79 Å². The van der Waals surface area contributed by atoms with Gasteiger partial charge in [-0.3, -0.25) is 4.48 Å². The summed E-state index contributed by atoms with van der Waals surface area (Å²) in [6.45, 7) is 0. The van der Waals surface area contributed by atoms with Crippen molar-refractivity contribution in [3.63, 3.8) is 0 Å². The quantitative estimate of drug-likeness (QED) is 0.430. The molecule has 1 rings (SSSR count). The van der Waals surface area contributed by atoms with E-state index in [0.29, 0.717) is 16.5 Å². The number of amides is 1. The van der Waals surface area contributed by atoms with Crippen molar-refractivity contribution in [3.8, 4) is 5.75 Å². The Morgan fingerprint density at radius 1 is 1.23 bits per heavy atom. The standard InChI is InChI=1S/C12H19N2O2.CH4O3S.BrH/c1-13(2)12(15)16-11-8-6-7-10(9-11)14(3,4)5;1-5(2,3)4;/h6-9H,1-5H3;1H3,(H,2,3,4);1H/q+1;;/p-2. The molecular formula is C13H22BrN2O5S-. The van der Waals surface area contributed by atoms with Gasteiger partial charge in [0.15, 0.2) is 0 Å². The molecule has 9 heteroatoms. The van der Waals surface area contributed by atoms with Gasteiger partial charge in [0.2, 0.25) is 0 Å². The minimum Gasteiger partial charge on any atom is -1.00 e. The number of quaternary nitrogens is 1. The van der Waals surface area contributed by atoms with Gasteiger partial charge < -0.3 is 31.2 Å². The lowest BCUT2D eigenvalue weighted by Crippen LogP contribution is -3.00. The van der Waals surface area contributed by atoms with Crippen molar-refractivity contribution in [2.45, 2.75) is 0 Å². The molecule has 0 aliphatic rings. The zero-order valence-corrected chi connectivity index (χ0v) is 15.9. The monoisotopic (exact) mass is 397 g/mol. The molecule has 0 atom stereocenters. The molecule has 0 aliphatic heterocycles. The fourth-order valence-electron chi connectivity index (χ4n) is 1.16. The van der Waals surface area contributed by atoms with Gasteiger partial charge in [0.1, 0.15) is 11.4 Å². The molecule has 0 aliphatic carbocycles. The van der Waals surface area contributed by atoms with Crippen LogP contribution in [0.25, 0.3) is 0 Å². The maximum Gasteiger partial charge on any atom is 0.414 e. The number of carbonyl (C=O) groups is 1. The van der Waals surface area contributed by atoms with Gasteiger partial charge in [-0.1, -0.05) is 6.07 Å². The first-order chi connectivity index (χ1) is 9.30. The van der Waals surface area contributed by atoms with E-state index in [0.717, 1.165) is 5.69 Å². The largest absolute Gasteiger partial charge is 1.00 e. The molecule has 1 aromatic rings. The molecule has 1 aromatic carbocycles. The Morgan fingerprint density at radius 2 is 1.68 bits per heavy atom. The van der Waals surface area contributed by atoms with Crippen molar-refractivity contribution < 1.29 is 39.5 Å². The lowest BCUT2D eigenvalue weighted by molar-refractivity contribution is -0.0000142. The second kappa shape index (κ2) is 9.09. The van der Waals surface area contributed by atoms with Crippen LogP contribution in [0.2, 0.25) is 0 Å². The molecular weight excluding hydrogens is 376 g/mol. The molecule has 0 bridgehead atoms. The summed E-state index contributed by atoms with van der Waals surface area (Å²) in [4.78, 5) is 12.8. The van der Waals surface area contributed by atoms with Gasteiger partial charge in [-0.2, -0.15) is 0 Å². The average Bonchev–Trinajstić information content (AvgIpc) is 2.25. The first-order valence-electron chi connectivity index (χ1n) is 6.03. The topological polar surface area (TPSA) is 86.7 Å². The Morgan fingerprint density at radius 3 is 2.05 bits per heavy atom. The van der Waals surface area contributed by atoms with E-state index < -0.39 is 10.1 Å². The van der Waals surface area contributed by atoms with Crippen LogP contribution in [0.15, 0.2) is 24.3 Å². The Balaban J connectivity index is 0. The number of benzene rings is 1. The summed E-state index contributed by atoms with van der Waals surface area (Å²) in [6.07, 6.45) is 0.242. The highest BCUT2D eigenvalue weighted by Crippen LogP contribution is 2.22. The molecule has 0 spiro atoms. The van der Waals surface area contributed by atoms with Crippen LogP contribution in [0.5, 0.6) is 5.75 Å². The number of ether oxygens (including phenoxy) is 1. The highest BCUT2D eigenvalue weighted by Gasteiger charge is 2.14. The van der Waals surface area contributed by atoms with Gasteiger partial charge in [0.25, 0.3) is 0 Å². The van der Waals surface area contributed by atoms with Gasteiger partial charge in [-0.25, -0.2) is 13.2 Å². The minimum atomic E-state index is -3.92. The number of nitrogens with zero attached hydrogens (tertiary/aromatic N) is 2. The molecule has 22 heavy (non-hydrogen) atoms. The lowest BCUT2D eigenvalue weighted by Gasteiger charge is -2.23. The number of hydrogen-bond acceptors (Lipinski definition) is 5. The fourth-order valence-corrected chi connectivity index (χ4v) is 1.16. The predicted molar refractivity (Wildman–Crippen MR) is 81.3 cm³/mol. The molecule has 0 saturated heterocycles. The summed E-state index contributed by atoms with van der Waals surface area (Å²) in [5.74, 6) is 0.573. The first kappa shape index (κ1) is 23.1. The third-order valence-electron chi connectivity index (χ3n) is 2.16. The minimum absolute atomic E-state index is 0. The third kappa shape index (κ3) is 11.5. The van der Waals surface area contributed by atoms with E-state index in [1.165, 1.54) is 4.90 Å². The normalized spacial score (nSPS) is 10.7. The van der Waals surface area contributed by atoms with E-state index in [4.69, 9.17) is 17.7 Å². The number of halogens is 1. The van der Waals surface area contributed by atoms with Gasteiger partial charge in [-0.05, 0) is 12.1 Å². The van der Waals surface area contributed by atoms with Crippen molar-refractivity contribution in [2.75, 3.05) is 41.5 Å². The summed E-state index contributed by atoms with van der Waals surface area (Å²) < 4.78 is 33.1. The average molecular weight is 398 g/mol. The second-order valence-corrected chi connectivity index (χ2v) is 6.88. The Labute approximate surface area is 142 Å². The van der Waals surface area contributed by atoms with Crippen LogP contribution in [0.3, 0.4) is 0 Å². The second-order valence-electron chi connectivity index (χ2n) is 5.48. The van der Waals surface area contributed by atoms with Crippen molar-refractivity contribution in [2.24, 2.45) is 0 Å². The SMILES string of the molecule is CN(C)C(=O)Oc1cccc([N+](C)(C)C)c1.CS(=O)(=O)[O-].[Br-]. The van der Waals surface area contributed by atoms with Crippen molar-refractivity contribution >= 4 is 21.9 Å². The maximum atomic E-state index is 11.4. The summed E-state index contributed by atoms with van der Waals surface area (Å²) in [6, 6.07) is 7.55. The highest BCUT2D eigenvalue weighted by atomic mass is 79.9. The summed E-state index contributed by atoms with van der Waals surface area (Å²) in [5, 5.41) is 0. The van der Waals surface area contributed by atoms with E-state index >= 15 is 0 Å². The van der Waals surface area contributed by atoms with Crippen LogP contribution in [0.1, 0.15) is 0 Å². The van der Waals surface area contributed by atoms with Crippen molar-refractivity contribution in [1.29, 1.82) is 0 Å². The van der Waals surface area contributed by atoms with Gasteiger partial charge in [-0.15, -0.1) is 0 Å². The Hall–Kier alpha value is -1.16. The molecule has 0 unspecified atom stereocenters. The summed E-state index contributed by atoms with van der Waals surface area (Å²) in [5.41, 5.74) is 1.09. The van der Waals surface area contributed by atoms with Gasteiger partial charge >= 0.3 is 6.09 Å². The number of carbonyl (C=O) groups excluding carboxylic acids is 1. The van der Waals surface area contributed by atoms with Crippen LogP contribution in [0.4, 0.5) is 10.5 Å². The first-order valence-corrected chi connectivity index (χ1v) is 7.84. The van der Waals surface area contributed by atoms with Crippen molar-refractivity contribution in [3.05, 3.63) is 24.3 Å². The van der Waals surface area contributed by atoms with Crippen LogP contribution < -0.4 is 26.2 Å². The van der Waals surface area contributed by atoms with Crippen LogP contribution in [-0.2, 0) is 10.1 Å². The third-order valence-corrected chi connectivity index (χ3v) is 2.16. The molecule has 1 amide bonds. The predicted octanol–water partition coefficient (Wildman–Crippen LogP) is -1.89. The highest BCUT2D eigenvalue weighted by molar-refractivity contribution is 7.84. The van der Waals surface area contributed by atoms with E-state index in [1.807, 2.05) is 18.2 Å². The Bertz CT molecular complexity index is 574. The number of rotatable bonds is 2. The maximum absolute atomic E-state index is 11.4. The molecule has 0 saturated carbocycles. The van der Waals surface area contributed by atoms with E-state index in [1.54, 1.807) is 20.2 Å². The van der Waals surface area contributed by atoms with Gasteiger partial charge in [0.05, 0.1) is 31.3 Å². The van der Waals surface area contributed by atoms with Crippen LogP contribution in [-0.4, -0.2) is 65.5 Å². The molecule has 128 valence electrons. The zero-order chi connectivity index (χ0) is 16.8. The Kier molecular flexibility index (Phi) is 9.54. The van der Waals surface area contributed by atoms with E-state index in [2.05, 4.69) is 21.1 Å². The molecule has 0 radical (unpaired) electrons. The lowest BCUT2D eigenvalue weighted by atomic mass is 10.2. The van der Waals surface area contributed by atoms with E-state index in [-0.39, 0.29) is 23.1 Å². The molecule has 0 heterocycles. The van der Waals surface area contributed by atoms with Gasteiger partial charge in [0, 0.05) is 26.4 Å². The summed E-state index contributed by atoms with van der Waals surface area (Å²) >= 11 is 0.